The fourth-order valence-electron chi connectivity index (χ4n) is 1.47. The highest BCUT2D eigenvalue weighted by Gasteiger charge is 2.10. The molecule has 1 amide bonds. The second-order valence-electron chi connectivity index (χ2n) is 4.29. The van der Waals surface area contributed by atoms with E-state index in [-0.39, 0.29) is 5.91 Å². The molecule has 0 bridgehead atoms. The average molecular weight is 282 g/mol. The monoisotopic (exact) mass is 282 g/mol. The Morgan fingerprint density at radius 2 is 2.21 bits per heavy atom. The van der Waals surface area contributed by atoms with Gasteiger partial charge in [0.1, 0.15) is 0 Å². The molecule has 0 aliphatic carbocycles. The standard InChI is InChI=1S/C13H18N2O3S/c1-15(2)8-3-7-14-13(18)12-10(6-9-19-12)4-5-11(16)17/h4-6,9H,3,7-8H2,1-2H3,(H,14,18)(H,16,17). The number of nitrogens with one attached hydrogen (secondary N) is 1. The van der Waals surface area contributed by atoms with Crippen LogP contribution in [-0.4, -0.2) is 49.1 Å². The van der Waals surface area contributed by atoms with Crippen LogP contribution in [0.5, 0.6) is 0 Å². The first kappa shape index (κ1) is 15.4. The summed E-state index contributed by atoms with van der Waals surface area (Å²) in [6.45, 7) is 1.52. The second-order valence-corrected chi connectivity index (χ2v) is 5.21. The first-order valence-corrected chi connectivity index (χ1v) is 6.80. The summed E-state index contributed by atoms with van der Waals surface area (Å²) in [5.74, 6) is -1.18. The van der Waals surface area contributed by atoms with Crippen molar-refractivity contribution in [3.8, 4) is 0 Å². The van der Waals surface area contributed by atoms with Gasteiger partial charge in [0, 0.05) is 12.6 Å². The Bertz CT molecular complexity index is 466. The molecule has 0 aliphatic heterocycles. The number of carboxylic acid groups (broad SMARTS) is 1. The molecule has 0 unspecified atom stereocenters. The van der Waals surface area contributed by atoms with E-state index in [1.807, 2.05) is 14.1 Å². The van der Waals surface area contributed by atoms with Crippen molar-refractivity contribution in [1.29, 1.82) is 0 Å². The number of hydrogen-bond acceptors (Lipinski definition) is 4. The highest BCUT2D eigenvalue weighted by atomic mass is 32.1. The normalized spacial score (nSPS) is 11.1. The van der Waals surface area contributed by atoms with Crippen molar-refractivity contribution < 1.29 is 14.7 Å². The Kier molecular flexibility index (Phi) is 6.24. The molecule has 104 valence electrons. The van der Waals surface area contributed by atoms with E-state index < -0.39 is 5.97 Å². The van der Waals surface area contributed by atoms with Gasteiger partial charge in [-0.25, -0.2) is 4.79 Å². The number of carbonyl (C=O) groups excluding carboxylic acids is 1. The van der Waals surface area contributed by atoms with Gasteiger partial charge in [-0.3, -0.25) is 4.79 Å². The summed E-state index contributed by atoms with van der Waals surface area (Å²) >= 11 is 1.31. The number of carboxylic acids is 1. The van der Waals surface area contributed by atoms with E-state index in [0.717, 1.165) is 19.0 Å². The van der Waals surface area contributed by atoms with Crippen molar-refractivity contribution in [2.45, 2.75) is 6.42 Å². The lowest BCUT2D eigenvalue weighted by Crippen LogP contribution is -2.26. The number of carbonyl (C=O) groups is 2. The predicted molar refractivity (Wildman–Crippen MR) is 76.5 cm³/mol. The Hall–Kier alpha value is -1.66. The Balaban J connectivity index is 2.53. The molecule has 1 aromatic rings. The summed E-state index contributed by atoms with van der Waals surface area (Å²) in [5.41, 5.74) is 0.637. The topological polar surface area (TPSA) is 69.6 Å². The van der Waals surface area contributed by atoms with Gasteiger partial charge in [0.25, 0.3) is 5.91 Å². The predicted octanol–water partition coefficient (Wildman–Crippen LogP) is 1.53. The molecular formula is C13H18N2O3S. The molecule has 0 aliphatic rings. The third kappa shape index (κ3) is 5.67. The number of nitrogens with zero attached hydrogens (tertiary/aromatic N) is 1. The van der Waals surface area contributed by atoms with Crippen LogP contribution in [0.15, 0.2) is 17.5 Å². The number of hydrogen-bond donors (Lipinski definition) is 2. The van der Waals surface area contributed by atoms with Crippen molar-refractivity contribution >= 4 is 29.3 Å². The highest BCUT2D eigenvalue weighted by Crippen LogP contribution is 2.18. The van der Waals surface area contributed by atoms with Gasteiger partial charge in [-0.15, -0.1) is 11.3 Å². The lowest BCUT2D eigenvalue weighted by atomic mass is 10.2. The highest BCUT2D eigenvalue weighted by molar-refractivity contribution is 7.12. The fraction of sp³-hybridized carbons (Fsp3) is 0.385. The number of amides is 1. The van der Waals surface area contributed by atoms with E-state index in [9.17, 15) is 9.59 Å². The Morgan fingerprint density at radius 3 is 2.84 bits per heavy atom. The minimum Gasteiger partial charge on any atom is -0.478 e. The molecule has 6 heteroatoms. The summed E-state index contributed by atoms with van der Waals surface area (Å²) in [6, 6.07) is 1.73. The largest absolute Gasteiger partial charge is 0.478 e. The summed E-state index contributed by atoms with van der Waals surface area (Å²) in [4.78, 5) is 25.0. The molecule has 1 rings (SSSR count). The van der Waals surface area contributed by atoms with Gasteiger partial charge in [0.05, 0.1) is 4.88 Å². The van der Waals surface area contributed by atoms with E-state index in [2.05, 4.69) is 10.2 Å². The molecular weight excluding hydrogens is 264 g/mol. The van der Waals surface area contributed by atoms with E-state index in [4.69, 9.17) is 5.11 Å². The van der Waals surface area contributed by atoms with Crippen LogP contribution >= 0.6 is 11.3 Å². The van der Waals surface area contributed by atoms with Crippen LogP contribution in [0.1, 0.15) is 21.7 Å². The molecule has 1 heterocycles. The van der Waals surface area contributed by atoms with Crippen LogP contribution in [0, 0.1) is 0 Å². The van der Waals surface area contributed by atoms with Gasteiger partial charge in [-0.1, -0.05) is 0 Å². The van der Waals surface area contributed by atoms with Crippen molar-refractivity contribution in [2.75, 3.05) is 27.2 Å². The zero-order valence-corrected chi connectivity index (χ0v) is 11.9. The van der Waals surface area contributed by atoms with Crippen LogP contribution in [0.25, 0.3) is 6.08 Å². The quantitative estimate of drug-likeness (QED) is 0.588. The molecule has 1 aromatic heterocycles. The molecule has 0 spiro atoms. The average Bonchev–Trinajstić information content (AvgIpc) is 2.79. The Labute approximate surface area is 116 Å². The van der Waals surface area contributed by atoms with Gasteiger partial charge in [0.15, 0.2) is 0 Å². The van der Waals surface area contributed by atoms with E-state index >= 15 is 0 Å². The van der Waals surface area contributed by atoms with Gasteiger partial charge >= 0.3 is 5.97 Å². The van der Waals surface area contributed by atoms with Crippen LogP contribution in [0.4, 0.5) is 0 Å². The molecule has 0 saturated heterocycles. The maximum Gasteiger partial charge on any atom is 0.328 e. The van der Waals surface area contributed by atoms with Crippen LogP contribution in [0.2, 0.25) is 0 Å². The number of aliphatic carboxylic acids is 1. The summed E-state index contributed by atoms with van der Waals surface area (Å²) in [5, 5.41) is 13.2. The first-order valence-electron chi connectivity index (χ1n) is 5.92. The number of rotatable bonds is 7. The third-order valence-corrected chi connectivity index (χ3v) is 3.30. The van der Waals surface area contributed by atoms with Crippen LogP contribution < -0.4 is 5.32 Å². The lowest BCUT2D eigenvalue weighted by molar-refractivity contribution is -0.131. The van der Waals surface area contributed by atoms with Gasteiger partial charge in [-0.2, -0.15) is 0 Å². The zero-order chi connectivity index (χ0) is 14.3. The summed E-state index contributed by atoms with van der Waals surface area (Å²) in [7, 11) is 3.96. The van der Waals surface area contributed by atoms with E-state index in [1.54, 1.807) is 11.4 Å². The van der Waals surface area contributed by atoms with Crippen LogP contribution in [0.3, 0.4) is 0 Å². The lowest BCUT2D eigenvalue weighted by Gasteiger charge is -2.09. The molecule has 19 heavy (non-hydrogen) atoms. The second kappa shape index (κ2) is 7.70. The zero-order valence-electron chi connectivity index (χ0n) is 11.0. The van der Waals surface area contributed by atoms with Gasteiger partial charge < -0.3 is 15.3 Å². The van der Waals surface area contributed by atoms with Gasteiger partial charge in [0.2, 0.25) is 0 Å². The SMILES string of the molecule is CN(C)CCCNC(=O)c1sccc1C=CC(=O)O. The fourth-order valence-corrected chi connectivity index (χ4v) is 2.28. The van der Waals surface area contributed by atoms with Crippen molar-refractivity contribution in [1.82, 2.24) is 10.2 Å². The van der Waals surface area contributed by atoms with Crippen molar-refractivity contribution in [2.24, 2.45) is 0 Å². The number of thiophene rings is 1. The van der Waals surface area contributed by atoms with E-state index in [0.29, 0.717) is 17.0 Å². The maximum atomic E-state index is 11.9. The minimum absolute atomic E-state index is 0.154. The van der Waals surface area contributed by atoms with Crippen molar-refractivity contribution in [3.63, 3.8) is 0 Å². The smallest absolute Gasteiger partial charge is 0.328 e. The molecule has 0 radical (unpaired) electrons. The molecule has 0 atom stereocenters. The molecule has 0 saturated carbocycles. The Morgan fingerprint density at radius 1 is 1.47 bits per heavy atom. The summed E-state index contributed by atoms with van der Waals surface area (Å²) < 4.78 is 0. The van der Waals surface area contributed by atoms with Crippen molar-refractivity contribution in [3.05, 3.63) is 28.0 Å². The molecule has 2 N–H and O–H groups in total. The van der Waals surface area contributed by atoms with Crippen LogP contribution in [-0.2, 0) is 4.79 Å². The molecule has 0 fully saturated rings. The first-order chi connectivity index (χ1) is 9.00. The summed E-state index contributed by atoms with van der Waals surface area (Å²) in [6.07, 6.45) is 3.35. The van der Waals surface area contributed by atoms with Gasteiger partial charge in [-0.05, 0) is 50.1 Å². The third-order valence-electron chi connectivity index (χ3n) is 2.38. The molecule has 0 aromatic carbocycles. The van der Waals surface area contributed by atoms with E-state index in [1.165, 1.54) is 17.4 Å². The molecule has 5 nitrogen and oxygen atoms in total. The minimum atomic E-state index is -1.02. The maximum absolute atomic E-state index is 11.9.